The van der Waals surface area contributed by atoms with Crippen LogP contribution in [0.4, 0.5) is 61.5 Å². The second kappa shape index (κ2) is 5.78. The van der Waals surface area contributed by atoms with Gasteiger partial charge in [-0.2, -0.15) is 35.1 Å². The smallest absolute Gasteiger partial charge is 0.241 e. The van der Waals surface area contributed by atoms with Gasteiger partial charge in [0.25, 0.3) is 0 Å². The molecule has 2 aliphatic carbocycles. The summed E-state index contributed by atoms with van der Waals surface area (Å²) in [5.74, 6) is -20.7. The van der Waals surface area contributed by atoms with Crippen LogP contribution in [-0.2, 0) is 0 Å². The van der Waals surface area contributed by atoms with Gasteiger partial charge in [-0.1, -0.05) is 0 Å². The van der Waals surface area contributed by atoms with Crippen molar-refractivity contribution in [1.29, 1.82) is 0 Å². The molecule has 14 heteroatoms. The van der Waals surface area contributed by atoms with E-state index in [1.165, 1.54) is 0 Å². The number of hydrogen-bond acceptors (Lipinski definition) is 0. The van der Waals surface area contributed by atoms with Crippen LogP contribution >= 0.6 is 0 Å². The summed E-state index contributed by atoms with van der Waals surface area (Å²) < 4.78 is 168. The van der Waals surface area contributed by atoms with Gasteiger partial charge in [0.05, 0.1) is 0 Å². The molecule has 0 heterocycles. The second-order valence-electron chi connectivity index (χ2n) is 4.99. The maximum atomic E-state index is 12.3. The lowest BCUT2D eigenvalue weighted by atomic mass is 9.85. The third kappa shape index (κ3) is 2.59. The van der Waals surface area contributed by atoms with Gasteiger partial charge in [-0.05, 0) is 0 Å². The molecule has 2 fully saturated rings. The van der Waals surface area contributed by atoms with E-state index < -0.39 is 60.7 Å². The molecule has 2 aliphatic rings. The average molecular weight is 392 g/mol. The average Bonchev–Trinajstić information content (AvgIpc) is 2.49. The van der Waals surface area contributed by atoms with Crippen LogP contribution in [0.3, 0.4) is 0 Å². The maximum absolute atomic E-state index is 12.3. The predicted molar refractivity (Wildman–Crippen MR) is 49.2 cm³/mol. The molecule has 0 amide bonds. The molecular formula is C10H6F14. The van der Waals surface area contributed by atoms with Crippen molar-refractivity contribution in [3.05, 3.63) is 0 Å². The Balaban J connectivity index is 0.000000254. The lowest BCUT2D eigenvalue weighted by Gasteiger charge is -2.41. The summed E-state index contributed by atoms with van der Waals surface area (Å²) in [7, 11) is 0. The first-order valence-electron chi connectivity index (χ1n) is 5.81. The van der Waals surface area contributed by atoms with Crippen LogP contribution < -0.4 is 0 Å². The van der Waals surface area contributed by atoms with Gasteiger partial charge in [0.2, 0.25) is 24.7 Å². The Labute approximate surface area is 123 Å². The lowest BCUT2D eigenvalue weighted by Crippen LogP contribution is -2.70. The van der Waals surface area contributed by atoms with Gasteiger partial charge in [0.15, 0.2) is 12.3 Å². The van der Waals surface area contributed by atoms with Gasteiger partial charge in [-0.25, -0.2) is 26.3 Å². The minimum absolute atomic E-state index is 3.36. The molecule has 6 atom stereocenters. The van der Waals surface area contributed by atoms with E-state index in [1.807, 2.05) is 0 Å². The van der Waals surface area contributed by atoms with Crippen LogP contribution in [0, 0.1) is 0 Å². The number of hydrogen-bond donors (Lipinski definition) is 0. The molecule has 144 valence electrons. The first-order chi connectivity index (χ1) is 10.5. The zero-order chi connectivity index (χ0) is 19.5. The molecule has 0 radical (unpaired) electrons. The Morgan fingerprint density at radius 1 is 0.333 bits per heavy atom. The highest BCUT2D eigenvalue weighted by atomic mass is 19.3. The molecule has 0 aliphatic heterocycles. The van der Waals surface area contributed by atoms with E-state index in [1.54, 1.807) is 0 Å². The van der Waals surface area contributed by atoms with E-state index in [4.69, 9.17) is 0 Å². The fraction of sp³-hybridized carbons (Fsp3) is 1.00. The molecule has 24 heavy (non-hydrogen) atoms. The molecule has 0 nitrogen and oxygen atoms in total. The van der Waals surface area contributed by atoms with Crippen molar-refractivity contribution < 1.29 is 61.5 Å². The molecular weight excluding hydrogens is 386 g/mol. The minimum Gasteiger partial charge on any atom is -0.241 e. The van der Waals surface area contributed by atoms with Crippen molar-refractivity contribution in [2.24, 2.45) is 0 Å². The second-order valence-corrected chi connectivity index (χ2v) is 4.99. The van der Waals surface area contributed by atoms with Gasteiger partial charge in [0.1, 0.15) is 0 Å². The van der Waals surface area contributed by atoms with Crippen LogP contribution in [0.2, 0.25) is 0 Å². The molecule has 2 rings (SSSR count). The van der Waals surface area contributed by atoms with E-state index in [2.05, 4.69) is 0 Å². The third-order valence-corrected chi connectivity index (χ3v) is 3.39. The molecule has 0 saturated heterocycles. The van der Waals surface area contributed by atoms with Crippen molar-refractivity contribution in [3.63, 3.8) is 0 Å². The third-order valence-electron chi connectivity index (χ3n) is 3.39. The van der Waals surface area contributed by atoms with E-state index in [9.17, 15) is 61.5 Å². The maximum Gasteiger partial charge on any atom is 0.346 e. The predicted octanol–water partition coefficient (Wildman–Crippen LogP) is 4.57. The van der Waals surface area contributed by atoms with E-state index in [0.717, 1.165) is 0 Å². The Kier molecular flexibility index (Phi) is 5.07. The fourth-order valence-corrected chi connectivity index (χ4v) is 1.73. The molecule has 0 aromatic rings. The van der Waals surface area contributed by atoms with Crippen molar-refractivity contribution >= 4 is 0 Å². The summed E-state index contributed by atoms with van der Waals surface area (Å²) in [5.41, 5.74) is 0. The molecule has 6 unspecified atom stereocenters. The zero-order valence-corrected chi connectivity index (χ0v) is 10.8. The van der Waals surface area contributed by atoms with E-state index in [0.29, 0.717) is 0 Å². The number of halogens is 14. The Bertz CT molecular complexity index is 418. The highest BCUT2D eigenvalue weighted by Crippen LogP contribution is 2.54. The molecule has 2 saturated carbocycles. The first kappa shape index (κ1) is 21.1. The van der Waals surface area contributed by atoms with Crippen LogP contribution in [0.1, 0.15) is 0 Å². The highest BCUT2D eigenvalue weighted by molar-refractivity contribution is 5.12. The van der Waals surface area contributed by atoms with Gasteiger partial charge in [-0.15, -0.1) is 0 Å². The van der Waals surface area contributed by atoms with Crippen molar-refractivity contribution in [2.45, 2.75) is 60.7 Å². The zero-order valence-electron chi connectivity index (χ0n) is 10.8. The Morgan fingerprint density at radius 2 is 0.500 bits per heavy atom. The summed E-state index contributed by atoms with van der Waals surface area (Å²) in [6, 6.07) is 0. The molecule has 0 bridgehead atoms. The normalized spacial score (nSPS) is 44.8. The van der Waals surface area contributed by atoms with Crippen LogP contribution in [0.15, 0.2) is 0 Å². The number of rotatable bonds is 0. The largest absolute Gasteiger partial charge is 0.346 e. The Morgan fingerprint density at radius 3 is 0.667 bits per heavy atom. The molecule has 0 spiro atoms. The monoisotopic (exact) mass is 392 g/mol. The van der Waals surface area contributed by atoms with Crippen molar-refractivity contribution in [2.75, 3.05) is 0 Å². The first-order valence-corrected chi connectivity index (χ1v) is 5.81. The van der Waals surface area contributed by atoms with E-state index >= 15 is 0 Å². The quantitative estimate of drug-likeness (QED) is 0.530. The highest BCUT2D eigenvalue weighted by Gasteiger charge is 2.81. The van der Waals surface area contributed by atoms with Crippen LogP contribution in [0.5, 0.6) is 0 Å². The van der Waals surface area contributed by atoms with Crippen LogP contribution in [-0.4, -0.2) is 60.7 Å². The standard InChI is InChI=1S/C6H4F8.C4H2F6/c7-1-2(8)4(10)6(13,14)5(11,12)3(1)9;5-1-2(6)4(9,10)3(1,7)8/h1-4H;1-2H. The summed E-state index contributed by atoms with van der Waals surface area (Å²) in [5, 5.41) is 0. The summed E-state index contributed by atoms with van der Waals surface area (Å²) in [6.45, 7) is 0. The fourth-order valence-electron chi connectivity index (χ4n) is 1.73. The van der Waals surface area contributed by atoms with Crippen molar-refractivity contribution in [3.8, 4) is 0 Å². The van der Waals surface area contributed by atoms with Gasteiger partial charge >= 0.3 is 23.7 Å². The van der Waals surface area contributed by atoms with Crippen LogP contribution in [0.25, 0.3) is 0 Å². The van der Waals surface area contributed by atoms with E-state index in [-0.39, 0.29) is 0 Å². The molecule has 0 aromatic carbocycles. The minimum atomic E-state index is -5.53. The summed E-state index contributed by atoms with van der Waals surface area (Å²) in [4.78, 5) is 0. The molecule has 0 N–H and O–H groups in total. The Hall–Kier alpha value is -0.980. The topological polar surface area (TPSA) is 0 Å². The summed E-state index contributed by atoms with van der Waals surface area (Å²) >= 11 is 0. The lowest BCUT2D eigenvalue weighted by molar-refractivity contribution is -0.351. The summed E-state index contributed by atoms with van der Waals surface area (Å²) in [6.07, 6.45) is -22.0. The van der Waals surface area contributed by atoms with Crippen molar-refractivity contribution in [1.82, 2.24) is 0 Å². The van der Waals surface area contributed by atoms with Gasteiger partial charge < -0.3 is 0 Å². The molecule has 0 aromatic heterocycles. The van der Waals surface area contributed by atoms with Gasteiger partial charge in [0, 0.05) is 0 Å². The van der Waals surface area contributed by atoms with Gasteiger partial charge in [-0.3, -0.25) is 0 Å². The number of alkyl halides is 14. The SMILES string of the molecule is FC1C(F)C(F)(F)C1(F)F.FC1C(F)C(F)C(F)(F)C(F)(F)C1F.